The first-order valence-electron chi connectivity index (χ1n) is 10.7. The predicted octanol–water partition coefficient (Wildman–Crippen LogP) is 6.36. The third-order valence-electron chi connectivity index (χ3n) is 5.61. The highest BCUT2D eigenvalue weighted by atomic mass is 35.5. The fourth-order valence-corrected chi connectivity index (χ4v) is 5.31. The molecular formula is C24H27Cl3N2O2S. The second-order valence-corrected chi connectivity index (χ2v) is 10.3. The van der Waals surface area contributed by atoms with Crippen LogP contribution in [-0.2, 0) is 21.9 Å². The van der Waals surface area contributed by atoms with E-state index in [-0.39, 0.29) is 30.2 Å². The van der Waals surface area contributed by atoms with Gasteiger partial charge in [-0.25, -0.2) is 0 Å². The van der Waals surface area contributed by atoms with Crippen molar-refractivity contribution in [2.24, 2.45) is 0 Å². The molecule has 0 heterocycles. The highest BCUT2D eigenvalue weighted by molar-refractivity contribution is 7.99. The first-order chi connectivity index (χ1) is 15.3. The molecule has 1 N–H and O–H groups in total. The van der Waals surface area contributed by atoms with Crippen LogP contribution in [-0.4, -0.2) is 34.6 Å². The van der Waals surface area contributed by atoms with E-state index >= 15 is 0 Å². The molecule has 0 saturated heterocycles. The number of halogens is 3. The molecular weight excluding hydrogens is 487 g/mol. The van der Waals surface area contributed by atoms with Crippen molar-refractivity contribution in [2.45, 2.75) is 57.0 Å². The van der Waals surface area contributed by atoms with Gasteiger partial charge in [-0.15, -0.1) is 11.8 Å². The first kappa shape index (κ1) is 25.2. The highest BCUT2D eigenvalue weighted by Gasteiger charge is 2.28. The number of hydrogen-bond acceptors (Lipinski definition) is 3. The molecule has 0 aliphatic heterocycles. The molecule has 0 unspecified atom stereocenters. The van der Waals surface area contributed by atoms with Gasteiger partial charge >= 0.3 is 0 Å². The average Bonchev–Trinajstić information content (AvgIpc) is 3.25. The summed E-state index contributed by atoms with van der Waals surface area (Å²) >= 11 is 19.9. The maximum Gasteiger partial charge on any atom is 0.242 e. The Labute approximate surface area is 209 Å². The summed E-state index contributed by atoms with van der Waals surface area (Å²) in [6, 6.07) is 12.4. The summed E-state index contributed by atoms with van der Waals surface area (Å²) in [5.41, 5.74) is 1.80. The van der Waals surface area contributed by atoms with E-state index in [0.29, 0.717) is 20.8 Å². The van der Waals surface area contributed by atoms with Gasteiger partial charge in [0, 0.05) is 33.4 Å². The molecule has 172 valence electrons. The van der Waals surface area contributed by atoms with Crippen molar-refractivity contribution in [1.82, 2.24) is 10.2 Å². The maximum atomic E-state index is 13.2. The van der Waals surface area contributed by atoms with Gasteiger partial charge in [0.1, 0.15) is 6.04 Å². The van der Waals surface area contributed by atoms with Gasteiger partial charge in [0.15, 0.2) is 0 Å². The fourth-order valence-electron chi connectivity index (χ4n) is 3.77. The zero-order chi connectivity index (χ0) is 23.1. The zero-order valence-electron chi connectivity index (χ0n) is 18.0. The van der Waals surface area contributed by atoms with E-state index in [1.807, 2.05) is 24.3 Å². The predicted molar refractivity (Wildman–Crippen MR) is 134 cm³/mol. The topological polar surface area (TPSA) is 49.4 Å². The van der Waals surface area contributed by atoms with Crippen LogP contribution < -0.4 is 5.32 Å². The second kappa shape index (κ2) is 12.2. The molecule has 2 aromatic carbocycles. The van der Waals surface area contributed by atoms with Gasteiger partial charge in [0.2, 0.25) is 11.8 Å². The lowest BCUT2D eigenvalue weighted by Crippen LogP contribution is -2.50. The molecule has 1 aliphatic rings. The maximum absolute atomic E-state index is 13.2. The molecule has 3 rings (SSSR count). The van der Waals surface area contributed by atoms with Gasteiger partial charge in [-0.1, -0.05) is 65.8 Å². The molecule has 8 heteroatoms. The Morgan fingerprint density at radius 1 is 1.09 bits per heavy atom. The van der Waals surface area contributed by atoms with Crippen molar-refractivity contribution in [1.29, 1.82) is 0 Å². The summed E-state index contributed by atoms with van der Waals surface area (Å²) in [5.74, 6) is 0.663. The van der Waals surface area contributed by atoms with Gasteiger partial charge in [0.05, 0.1) is 5.75 Å². The van der Waals surface area contributed by atoms with Crippen molar-refractivity contribution in [3.8, 4) is 0 Å². The standard InChI is InChI=1S/C24H27Cl3N2O2S/c1-16(24(31)28-21-7-2-3-8-21)29(13-18-9-10-20(26)12-22(18)27)23(30)15-32-14-17-5-4-6-19(25)11-17/h4-6,9-12,16,21H,2-3,7-8,13-15H2,1H3,(H,28,31)/t16-/m1/s1. The van der Waals surface area contributed by atoms with Crippen LogP contribution in [0.3, 0.4) is 0 Å². The van der Waals surface area contributed by atoms with Gasteiger partial charge in [-0.05, 0) is 55.2 Å². The molecule has 2 amide bonds. The molecule has 2 aromatic rings. The van der Waals surface area contributed by atoms with Crippen LogP contribution in [0.5, 0.6) is 0 Å². The van der Waals surface area contributed by atoms with Crippen LogP contribution in [0.1, 0.15) is 43.7 Å². The quantitative estimate of drug-likeness (QED) is 0.425. The molecule has 1 atom stereocenters. The van der Waals surface area contributed by atoms with E-state index in [2.05, 4.69) is 5.32 Å². The number of hydrogen-bond donors (Lipinski definition) is 1. The average molecular weight is 514 g/mol. The lowest BCUT2D eigenvalue weighted by atomic mass is 10.1. The lowest BCUT2D eigenvalue weighted by Gasteiger charge is -2.30. The summed E-state index contributed by atoms with van der Waals surface area (Å²) in [5, 5.41) is 4.78. The number of nitrogens with zero attached hydrogens (tertiary/aromatic N) is 1. The third kappa shape index (κ3) is 7.31. The molecule has 1 saturated carbocycles. The van der Waals surface area contributed by atoms with E-state index in [1.165, 1.54) is 11.8 Å². The van der Waals surface area contributed by atoms with Crippen LogP contribution in [0.15, 0.2) is 42.5 Å². The highest BCUT2D eigenvalue weighted by Crippen LogP contribution is 2.25. The Morgan fingerprint density at radius 2 is 1.81 bits per heavy atom. The summed E-state index contributed by atoms with van der Waals surface area (Å²) in [4.78, 5) is 27.7. The van der Waals surface area contributed by atoms with Crippen molar-refractivity contribution < 1.29 is 9.59 Å². The van der Waals surface area contributed by atoms with Crippen molar-refractivity contribution in [3.63, 3.8) is 0 Å². The van der Waals surface area contributed by atoms with E-state index in [4.69, 9.17) is 34.8 Å². The molecule has 1 aliphatic carbocycles. The monoisotopic (exact) mass is 512 g/mol. The van der Waals surface area contributed by atoms with Gasteiger partial charge in [0.25, 0.3) is 0 Å². The van der Waals surface area contributed by atoms with Gasteiger partial charge in [-0.3, -0.25) is 9.59 Å². The van der Waals surface area contributed by atoms with Crippen LogP contribution in [0, 0.1) is 0 Å². The molecule has 0 spiro atoms. The van der Waals surface area contributed by atoms with Gasteiger partial charge < -0.3 is 10.2 Å². The van der Waals surface area contributed by atoms with Gasteiger partial charge in [-0.2, -0.15) is 0 Å². The number of benzene rings is 2. The molecule has 4 nitrogen and oxygen atoms in total. The number of carbonyl (C=O) groups is 2. The number of thioether (sulfide) groups is 1. The molecule has 0 bridgehead atoms. The minimum atomic E-state index is -0.610. The summed E-state index contributed by atoms with van der Waals surface area (Å²) < 4.78 is 0. The minimum Gasteiger partial charge on any atom is -0.352 e. The van der Waals surface area contributed by atoms with Crippen molar-refractivity contribution in [2.75, 3.05) is 5.75 Å². The lowest BCUT2D eigenvalue weighted by molar-refractivity contribution is -0.138. The Bertz CT molecular complexity index is 951. The molecule has 1 fully saturated rings. The number of amides is 2. The summed E-state index contributed by atoms with van der Waals surface area (Å²) in [7, 11) is 0. The number of carbonyl (C=O) groups excluding carboxylic acids is 2. The number of nitrogens with one attached hydrogen (secondary N) is 1. The zero-order valence-corrected chi connectivity index (χ0v) is 21.0. The second-order valence-electron chi connectivity index (χ2n) is 8.05. The number of rotatable bonds is 9. The smallest absolute Gasteiger partial charge is 0.242 e. The van der Waals surface area contributed by atoms with E-state index < -0.39 is 6.04 Å². The molecule has 0 radical (unpaired) electrons. The van der Waals surface area contributed by atoms with E-state index in [0.717, 1.165) is 36.8 Å². The fraction of sp³-hybridized carbons (Fsp3) is 0.417. The Kier molecular flexibility index (Phi) is 9.60. The Morgan fingerprint density at radius 3 is 2.50 bits per heavy atom. The van der Waals surface area contributed by atoms with E-state index in [1.54, 1.807) is 30.0 Å². The van der Waals surface area contributed by atoms with Crippen molar-refractivity contribution in [3.05, 3.63) is 68.7 Å². The SMILES string of the molecule is C[C@H](C(=O)NC1CCCC1)N(Cc1ccc(Cl)cc1Cl)C(=O)CSCc1cccc(Cl)c1. The van der Waals surface area contributed by atoms with Crippen LogP contribution in [0.2, 0.25) is 15.1 Å². The third-order valence-corrected chi connectivity index (χ3v) is 7.42. The Balaban J connectivity index is 1.69. The minimum absolute atomic E-state index is 0.114. The normalized spacial score (nSPS) is 14.9. The first-order valence-corrected chi connectivity index (χ1v) is 13.0. The van der Waals surface area contributed by atoms with Crippen LogP contribution >= 0.6 is 46.6 Å². The van der Waals surface area contributed by atoms with Crippen LogP contribution in [0.25, 0.3) is 0 Å². The van der Waals surface area contributed by atoms with Crippen molar-refractivity contribution >= 4 is 58.4 Å². The van der Waals surface area contributed by atoms with Crippen LogP contribution in [0.4, 0.5) is 0 Å². The summed E-state index contributed by atoms with van der Waals surface area (Å²) in [6.07, 6.45) is 4.24. The van der Waals surface area contributed by atoms with E-state index in [9.17, 15) is 9.59 Å². The Hall–Kier alpha value is -1.40. The summed E-state index contributed by atoms with van der Waals surface area (Å²) in [6.45, 7) is 2.01. The molecule has 0 aromatic heterocycles. The molecule has 32 heavy (non-hydrogen) atoms. The largest absolute Gasteiger partial charge is 0.352 e.